The van der Waals surface area contributed by atoms with Crippen molar-refractivity contribution in [2.75, 3.05) is 13.1 Å². The molecule has 1 N–H and O–H groups in total. The lowest BCUT2D eigenvalue weighted by Gasteiger charge is -2.32. The summed E-state index contributed by atoms with van der Waals surface area (Å²) in [5, 5.41) is 3.20. The Kier molecular flexibility index (Phi) is 7.39. The molecule has 4 rings (SSSR count). The van der Waals surface area contributed by atoms with E-state index in [2.05, 4.69) is 38.3 Å². The van der Waals surface area contributed by atoms with Crippen molar-refractivity contribution < 1.29 is 9.53 Å². The molecule has 1 aliphatic rings. The van der Waals surface area contributed by atoms with Gasteiger partial charge in [-0.3, -0.25) is 9.69 Å². The first-order valence-electron chi connectivity index (χ1n) is 10.7. The number of halogens is 1. The molecule has 0 bridgehead atoms. The number of ether oxygens (including phenoxy) is 1. The highest BCUT2D eigenvalue weighted by Crippen LogP contribution is 2.29. The predicted molar refractivity (Wildman–Crippen MR) is 127 cm³/mol. The van der Waals surface area contributed by atoms with Crippen LogP contribution >= 0.6 is 15.9 Å². The van der Waals surface area contributed by atoms with Crippen molar-refractivity contribution in [3.05, 3.63) is 94.5 Å². The van der Waals surface area contributed by atoms with E-state index in [4.69, 9.17) is 4.74 Å². The average Bonchev–Trinajstić information content (AvgIpc) is 2.78. The third-order valence-corrected chi connectivity index (χ3v) is 6.18. The van der Waals surface area contributed by atoms with Gasteiger partial charge in [0.15, 0.2) is 0 Å². The lowest BCUT2D eigenvalue weighted by atomic mass is 10.0. The van der Waals surface area contributed by atoms with Gasteiger partial charge >= 0.3 is 0 Å². The smallest absolute Gasteiger partial charge is 0.224 e. The number of amides is 1. The number of hydrogen-bond donors (Lipinski definition) is 1. The normalized spacial score (nSPS) is 14.9. The van der Waals surface area contributed by atoms with Gasteiger partial charge in [0.1, 0.15) is 11.5 Å². The van der Waals surface area contributed by atoms with Crippen LogP contribution in [0.25, 0.3) is 0 Å². The lowest BCUT2D eigenvalue weighted by Crippen LogP contribution is -2.44. The highest BCUT2D eigenvalue weighted by atomic mass is 79.9. The molecule has 0 unspecified atom stereocenters. The Balaban J connectivity index is 1.25. The fourth-order valence-corrected chi connectivity index (χ4v) is 4.28. The first-order chi connectivity index (χ1) is 15.2. The molecule has 1 fully saturated rings. The van der Waals surface area contributed by atoms with Crippen molar-refractivity contribution in [2.24, 2.45) is 0 Å². The zero-order valence-electron chi connectivity index (χ0n) is 17.5. The molecule has 0 radical (unpaired) electrons. The number of carbonyl (C=O) groups is 1. The molecular formula is C26H27BrN2O2. The van der Waals surface area contributed by atoms with Gasteiger partial charge < -0.3 is 10.1 Å². The van der Waals surface area contributed by atoms with Gasteiger partial charge in [0.05, 0.1) is 10.9 Å². The van der Waals surface area contributed by atoms with E-state index >= 15 is 0 Å². The van der Waals surface area contributed by atoms with Gasteiger partial charge in [-0.15, -0.1) is 0 Å². The fraction of sp³-hybridized carbons (Fsp3) is 0.269. The molecule has 3 aromatic rings. The Morgan fingerprint density at radius 2 is 1.65 bits per heavy atom. The SMILES string of the molecule is O=C(Cc1ccccc1)NC1CCN(Cc2cccc(Oc3ccccc3Br)c2)CC1. The molecule has 3 aromatic carbocycles. The second kappa shape index (κ2) is 10.6. The van der Waals surface area contributed by atoms with Crippen molar-refractivity contribution in [3.8, 4) is 11.5 Å². The Morgan fingerprint density at radius 1 is 0.935 bits per heavy atom. The summed E-state index contributed by atoms with van der Waals surface area (Å²) >= 11 is 3.53. The minimum atomic E-state index is 0.113. The number of hydrogen-bond acceptors (Lipinski definition) is 3. The second-order valence-electron chi connectivity index (χ2n) is 7.96. The third kappa shape index (κ3) is 6.42. The van der Waals surface area contributed by atoms with Crippen LogP contribution in [0.1, 0.15) is 24.0 Å². The van der Waals surface area contributed by atoms with Crippen LogP contribution in [-0.4, -0.2) is 29.9 Å². The summed E-state index contributed by atoms with van der Waals surface area (Å²) in [6.45, 7) is 2.84. The molecule has 5 heteroatoms. The summed E-state index contributed by atoms with van der Waals surface area (Å²) in [6.07, 6.45) is 2.41. The fourth-order valence-electron chi connectivity index (χ4n) is 3.92. The van der Waals surface area contributed by atoms with Gasteiger partial charge in [-0.2, -0.15) is 0 Å². The molecular weight excluding hydrogens is 452 g/mol. The topological polar surface area (TPSA) is 41.6 Å². The van der Waals surface area contributed by atoms with Crippen molar-refractivity contribution in [1.29, 1.82) is 0 Å². The monoisotopic (exact) mass is 478 g/mol. The molecule has 1 heterocycles. The van der Waals surface area contributed by atoms with Crippen molar-refractivity contribution in [1.82, 2.24) is 10.2 Å². The van der Waals surface area contributed by atoms with Crippen molar-refractivity contribution in [2.45, 2.75) is 31.8 Å². The summed E-state index contributed by atoms with van der Waals surface area (Å²) in [7, 11) is 0. The number of likely N-dealkylation sites (tertiary alicyclic amines) is 1. The first-order valence-corrected chi connectivity index (χ1v) is 11.5. The van der Waals surface area contributed by atoms with Gasteiger partial charge in [-0.05, 0) is 64.2 Å². The number of para-hydroxylation sites is 1. The number of piperidine rings is 1. The molecule has 1 amide bonds. The maximum absolute atomic E-state index is 12.3. The van der Waals surface area contributed by atoms with E-state index in [1.807, 2.05) is 66.7 Å². The Morgan fingerprint density at radius 3 is 2.42 bits per heavy atom. The minimum Gasteiger partial charge on any atom is -0.456 e. The summed E-state index contributed by atoms with van der Waals surface area (Å²) < 4.78 is 6.98. The van der Waals surface area contributed by atoms with E-state index in [9.17, 15) is 4.79 Å². The molecule has 0 spiro atoms. The van der Waals surface area contributed by atoms with Crippen LogP contribution in [0.2, 0.25) is 0 Å². The molecule has 0 atom stereocenters. The average molecular weight is 479 g/mol. The predicted octanol–water partition coefficient (Wildman–Crippen LogP) is 5.56. The number of nitrogens with zero attached hydrogens (tertiary/aromatic N) is 1. The first kappa shape index (κ1) is 21.6. The second-order valence-corrected chi connectivity index (χ2v) is 8.81. The van der Waals surface area contributed by atoms with E-state index in [1.54, 1.807) is 0 Å². The lowest BCUT2D eigenvalue weighted by molar-refractivity contribution is -0.121. The van der Waals surface area contributed by atoms with Crippen LogP contribution in [0.4, 0.5) is 0 Å². The largest absolute Gasteiger partial charge is 0.456 e. The quantitative estimate of drug-likeness (QED) is 0.482. The van der Waals surface area contributed by atoms with Crippen LogP contribution < -0.4 is 10.1 Å². The van der Waals surface area contributed by atoms with Crippen molar-refractivity contribution >= 4 is 21.8 Å². The number of nitrogens with one attached hydrogen (secondary N) is 1. The molecule has 0 aliphatic carbocycles. The zero-order chi connectivity index (χ0) is 21.5. The third-order valence-electron chi connectivity index (χ3n) is 5.53. The molecule has 1 saturated heterocycles. The molecule has 31 heavy (non-hydrogen) atoms. The maximum Gasteiger partial charge on any atom is 0.224 e. The van der Waals surface area contributed by atoms with Crippen LogP contribution in [-0.2, 0) is 17.8 Å². The summed E-state index contributed by atoms with van der Waals surface area (Å²) in [5.41, 5.74) is 2.29. The van der Waals surface area contributed by atoms with E-state index in [-0.39, 0.29) is 11.9 Å². The highest BCUT2D eigenvalue weighted by Gasteiger charge is 2.21. The van der Waals surface area contributed by atoms with Crippen LogP contribution in [0.3, 0.4) is 0 Å². The van der Waals surface area contributed by atoms with Crippen LogP contribution in [0, 0.1) is 0 Å². The van der Waals surface area contributed by atoms with E-state index < -0.39 is 0 Å². The van der Waals surface area contributed by atoms with Gasteiger partial charge in [-0.25, -0.2) is 0 Å². The Bertz CT molecular complexity index is 1000. The van der Waals surface area contributed by atoms with E-state index in [1.165, 1.54) is 5.56 Å². The molecule has 0 aromatic heterocycles. The zero-order valence-corrected chi connectivity index (χ0v) is 19.1. The standard InChI is InChI=1S/C26H27BrN2O2/c27-24-11-4-5-12-25(24)31-23-10-6-9-21(17-23)19-29-15-13-22(14-16-29)28-26(30)18-20-7-2-1-3-8-20/h1-12,17,22H,13-16,18-19H2,(H,28,30). The van der Waals surface area contributed by atoms with Gasteiger partial charge in [0, 0.05) is 25.7 Å². The van der Waals surface area contributed by atoms with Crippen molar-refractivity contribution in [3.63, 3.8) is 0 Å². The molecule has 0 saturated carbocycles. The van der Waals surface area contributed by atoms with Gasteiger partial charge in [-0.1, -0.05) is 54.6 Å². The van der Waals surface area contributed by atoms with Crippen LogP contribution in [0.5, 0.6) is 11.5 Å². The maximum atomic E-state index is 12.3. The summed E-state index contributed by atoms with van der Waals surface area (Å²) in [4.78, 5) is 14.8. The summed E-state index contributed by atoms with van der Waals surface area (Å²) in [6, 6.07) is 26.3. The number of rotatable bonds is 7. The number of carbonyl (C=O) groups excluding carboxylic acids is 1. The van der Waals surface area contributed by atoms with Gasteiger partial charge in [0.2, 0.25) is 5.91 Å². The van der Waals surface area contributed by atoms with E-state index in [0.29, 0.717) is 6.42 Å². The van der Waals surface area contributed by atoms with Crippen LogP contribution in [0.15, 0.2) is 83.3 Å². The molecule has 4 nitrogen and oxygen atoms in total. The van der Waals surface area contributed by atoms with Gasteiger partial charge in [0.25, 0.3) is 0 Å². The Hall–Kier alpha value is -2.63. The highest BCUT2D eigenvalue weighted by molar-refractivity contribution is 9.10. The minimum absolute atomic E-state index is 0.113. The summed E-state index contributed by atoms with van der Waals surface area (Å²) in [5.74, 6) is 1.76. The molecule has 160 valence electrons. The van der Waals surface area contributed by atoms with E-state index in [0.717, 1.165) is 54.0 Å². The number of benzene rings is 3. The molecule has 1 aliphatic heterocycles. The Labute approximate surface area is 192 Å².